The molecule has 0 fully saturated rings. The van der Waals surface area contributed by atoms with Crippen LogP contribution in [0.25, 0.3) is 0 Å². The van der Waals surface area contributed by atoms with Gasteiger partial charge in [-0.05, 0) is 25.6 Å². The summed E-state index contributed by atoms with van der Waals surface area (Å²) in [5.74, 6) is 0.961. The maximum absolute atomic E-state index is 11.5. The van der Waals surface area contributed by atoms with Crippen LogP contribution in [0, 0.1) is 0 Å². The van der Waals surface area contributed by atoms with Crippen LogP contribution in [0.15, 0.2) is 12.1 Å². The Balaban J connectivity index is 2.14. The van der Waals surface area contributed by atoms with Gasteiger partial charge in [0.2, 0.25) is 6.79 Å². The van der Waals surface area contributed by atoms with Gasteiger partial charge in [0, 0.05) is 6.54 Å². The summed E-state index contributed by atoms with van der Waals surface area (Å²) in [5, 5.41) is 0. The molecule has 0 unspecified atom stereocenters. The van der Waals surface area contributed by atoms with E-state index in [0.717, 1.165) is 5.56 Å². The smallest absolute Gasteiger partial charge is 0.322 e. The van der Waals surface area contributed by atoms with Gasteiger partial charge in [0.25, 0.3) is 0 Å². The average molecular weight is 266 g/mol. The molecule has 0 aromatic heterocycles. The number of nitrogens with zero attached hydrogens (tertiary/aromatic N) is 1. The number of nitrogens with two attached hydrogens (primary N) is 1. The number of esters is 1. The fourth-order valence-corrected chi connectivity index (χ4v) is 1.93. The quantitative estimate of drug-likeness (QED) is 0.647. The lowest BCUT2D eigenvalue weighted by molar-refractivity contribution is -0.145. The van der Waals surface area contributed by atoms with Crippen molar-refractivity contribution in [1.82, 2.24) is 4.90 Å². The molecular weight excluding hydrogens is 248 g/mol. The third kappa shape index (κ3) is 2.58. The molecule has 0 saturated heterocycles. The summed E-state index contributed by atoms with van der Waals surface area (Å²) in [4.78, 5) is 13.3. The molecule has 0 saturated carbocycles. The first-order valence-electron chi connectivity index (χ1n) is 5.99. The molecule has 0 spiro atoms. The van der Waals surface area contributed by atoms with E-state index in [9.17, 15) is 4.79 Å². The number of hydrogen-bond donors (Lipinski definition) is 1. The third-order valence-corrected chi connectivity index (χ3v) is 3.29. The summed E-state index contributed by atoms with van der Waals surface area (Å²) in [6.45, 7) is 2.51. The van der Waals surface area contributed by atoms with Crippen LogP contribution in [0.3, 0.4) is 0 Å². The maximum Gasteiger partial charge on any atom is 0.322 e. The molecule has 2 N–H and O–H groups in total. The topological polar surface area (TPSA) is 74.0 Å². The Labute approximate surface area is 112 Å². The number of ether oxygens (including phenoxy) is 3. The molecule has 1 atom stereocenters. The van der Waals surface area contributed by atoms with Gasteiger partial charge in [-0.15, -0.1) is 0 Å². The van der Waals surface area contributed by atoms with Crippen molar-refractivity contribution in [1.29, 1.82) is 0 Å². The molecule has 1 aliphatic rings. The van der Waals surface area contributed by atoms with Gasteiger partial charge in [0.1, 0.15) is 6.04 Å². The number of fused-ring (bicyclic) bond motifs is 1. The number of likely N-dealkylation sites (N-methyl/N-ethyl adjacent to an activating group) is 1. The SMILES string of the molecule is COC(=O)[C@H](C)N(C)Cc1ccc2c(c1N)OCO2. The molecule has 2 rings (SSSR count). The number of rotatable bonds is 4. The molecule has 0 radical (unpaired) electrons. The van der Waals surface area contributed by atoms with E-state index < -0.39 is 0 Å². The minimum atomic E-state index is -0.338. The summed E-state index contributed by atoms with van der Waals surface area (Å²) in [6.07, 6.45) is 0. The van der Waals surface area contributed by atoms with Gasteiger partial charge in [-0.1, -0.05) is 6.07 Å². The fourth-order valence-electron chi connectivity index (χ4n) is 1.93. The predicted molar refractivity (Wildman–Crippen MR) is 69.9 cm³/mol. The van der Waals surface area contributed by atoms with Gasteiger partial charge in [0.05, 0.1) is 12.8 Å². The molecule has 1 aliphatic heterocycles. The normalized spacial score (nSPS) is 14.5. The van der Waals surface area contributed by atoms with Gasteiger partial charge in [-0.25, -0.2) is 0 Å². The van der Waals surface area contributed by atoms with Crippen LogP contribution in [0.5, 0.6) is 11.5 Å². The number of methoxy groups -OCH3 is 1. The van der Waals surface area contributed by atoms with E-state index in [2.05, 4.69) is 0 Å². The average Bonchev–Trinajstić information content (AvgIpc) is 2.89. The lowest BCUT2D eigenvalue weighted by Crippen LogP contribution is -2.36. The Bertz CT molecular complexity index is 490. The van der Waals surface area contributed by atoms with Gasteiger partial charge < -0.3 is 19.9 Å². The summed E-state index contributed by atoms with van der Waals surface area (Å²) in [7, 11) is 3.22. The molecule has 1 aromatic rings. The highest BCUT2D eigenvalue weighted by atomic mass is 16.7. The van der Waals surface area contributed by atoms with E-state index in [4.69, 9.17) is 19.9 Å². The Morgan fingerprint density at radius 1 is 1.53 bits per heavy atom. The molecule has 0 aliphatic carbocycles. The van der Waals surface area contributed by atoms with Crippen LogP contribution >= 0.6 is 0 Å². The van der Waals surface area contributed by atoms with E-state index in [0.29, 0.717) is 23.7 Å². The Hall–Kier alpha value is -1.95. The van der Waals surface area contributed by atoms with Crippen LogP contribution in [-0.4, -0.2) is 37.9 Å². The van der Waals surface area contributed by atoms with Crippen LogP contribution in [0.4, 0.5) is 5.69 Å². The van der Waals surface area contributed by atoms with E-state index >= 15 is 0 Å². The van der Waals surface area contributed by atoms with Crippen LogP contribution in [0.1, 0.15) is 12.5 Å². The van der Waals surface area contributed by atoms with Crippen LogP contribution in [0.2, 0.25) is 0 Å². The third-order valence-electron chi connectivity index (χ3n) is 3.29. The number of benzene rings is 1. The minimum absolute atomic E-state index is 0.192. The van der Waals surface area contributed by atoms with Crippen molar-refractivity contribution >= 4 is 11.7 Å². The van der Waals surface area contributed by atoms with Gasteiger partial charge in [-0.2, -0.15) is 0 Å². The summed E-state index contributed by atoms with van der Waals surface area (Å²) in [6, 6.07) is 3.36. The second-order valence-corrected chi connectivity index (χ2v) is 4.49. The second kappa shape index (κ2) is 5.36. The van der Waals surface area contributed by atoms with Crippen molar-refractivity contribution in [3.63, 3.8) is 0 Å². The van der Waals surface area contributed by atoms with Gasteiger partial charge in [0.15, 0.2) is 11.5 Å². The monoisotopic (exact) mass is 266 g/mol. The van der Waals surface area contributed by atoms with Gasteiger partial charge in [-0.3, -0.25) is 9.69 Å². The molecule has 6 nitrogen and oxygen atoms in total. The van der Waals surface area contributed by atoms with Crippen molar-refractivity contribution in [3.05, 3.63) is 17.7 Å². The molecular formula is C13H18N2O4. The largest absolute Gasteiger partial charge is 0.468 e. The van der Waals surface area contributed by atoms with E-state index in [1.807, 2.05) is 24.1 Å². The zero-order valence-corrected chi connectivity index (χ0v) is 11.3. The zero-order chi connectivity index (χ0) is 14.0. The molecule has 1 aromatic carbocycles. The molecule has 6 heteroatoms. The van der Waals surface area contributed by atoms with E-state index in [1.54, 1.807) is 6.92 Å². The number of carbonyl (C=O) groups excluding carboxylic acids is 1. The molecule has 0 amide bonds. The lowest BCUT2D eigenvalue weighted by atomic mass is 10.1. The minimum Gasteiger partial charge on any atom is -0.468 e. The Morgan fingerprint density at radius 3 is 2.95 bits per heavy atom. The Morgan fingerprint density at radius 2 is 2.26 bits per heavy atom. The maximum atomic E-state index is 11.5. The molecule has 0 bridgehead atoms. The van der Waals surface area contributed by atoms with Crippen molar-refractivity contribution < 1.29 is 19.0 Å². The van der Waals surface area contributed by atoms with E-state index in [1.165, 1.54) is 7.11 Å². The number of hydrogen-bond acceptors (Lipinski definition) is 6. The number of anilines is 1. The number of carbonyl (C=O) groups is 1. The first kappa shape index (κ1) is 13.5. The molecule has 19 heavy (non-hydrogen) atoms. The van der Waals surface area contributed by atoms with Crippen molar-refractivity contribution in [2.45, 2.75) is 19.5 Å². The second-order valence-electron chi connectivity index (χ2n) is 4.49. The Kier molecular flexibility index (Phi) is 3.80. The zero-order valence-electron chi connectivity index (χ0n) is 11.3. The highest BCUT2D eigenvalue weighted by Crippen LogP contribution is 2.39. The lowest BCUT2D eigenvalue weighted by Gasteiger charge is -2.23. The van der Waals surface area contributed by atoms with E-state index in [-0.39, 0.29) is 18.8 Å². The van der Waals surface area contributed by atoms with Crippen molar-refractivity contribution in [2.24, 2.45) is 0 Å². The fraction of sp³-hybridized carbons (Fsp3) is 0.462. The summed E-state index contributed by atoms with van der Waals surface area (Å²) >= 11 is 0. The van der Waals surface area contributed by atoms with Crippen molar-refractivity contribution in [3.8, 4) is 11.5 Å². The number of nitrogen functional groups attached to an aromatic ring is 1. The molecule has 1 heterocycles. The van der Waals surface area contributed by atoms with Crippen LogP contribution < -0.4 is 15.2 Å². The highest BCUT2D eigenvalue weighted by molar-refractivity contribution is 5.75. The first-order valence-corrected chi connectivity index (χ1v) is 5.99. The van der Waals surface area contributed by atoms with Gasteiger partial charge >= 0.3 is 5.97 Å². The summed E-state index contributed by atoms with van der Waals surface area (Å²) < 4.78 is 15.3. The predicted octanol–water partition coefficient (Wildman–Crippen LogP) is 0.991. The first-order chi connectivity index (χ1) is 9.04. The van der Waals surface area contributed by atoms with Crippen LogP contribution in [-0.2, 0) is 16.1 Å². The molecule has 104 valence electrons. The summed E-state index contributed by atoms with van der Waals surface area (Å²) in [5.41, 5.74) is 7.49. The van der Waals surface area contributed by atoms with Crippen molar-refractivity contribution in [2.75, 3.05) is 26.7 Å². The highest BCUT2D eigenvalue weighted by Gasteiger charge is 2.22. The standard InChI is InChI=1S/C13H18N2O4/c1-8(13(16)17-3)15(2)6-9-4-5-10-12(11(9)14)19-7-18-10/h4-5,8H,6-7,14H2,1-3H3/t8-/m0/s1.